The predicted octanol–water partition coefficient (Wildman–Crippen LogP) is 3.09. The van der Waals surface area contributed by atoms with Gasteiger partial charge < -0.3 is 10.4 Å². The van der Waals surface area contributed by atoms with E-state index in [1.54, 1.807) is 19.1 Å². The van der Waals surface area contributed by atoms with Gasteiger partial charge in [-0.1, -0.05) is 32.8 Å². The topological polar surface area (TPSA) is 86.7 Å². The lowest BCUT2D eigenvalue weighted by Crippen LogP contribution is -2.46. The van der Waals surface area contributed by atoms with Crippen LogP contribution < -0.4 is 5.32 Å². The molecule has 0 aromatic heterocycles. The van der Waals surface area contributed by atoms with E-state index in [0.29, 0.717) is 30.0 Å². The number of hydrogen-bond acceptors (Lipinski definition) is 4. The summed E-state index contributed by atoms with van der Waals surface area (Å²) in [5, 5.41) is 12.8. The van der Waals surface area contributed by atoms with Crippen LogP contribution in [0.5, 0.6) is 0 Å². The van der Waals surface area contributed by atoms with E-state index in [-0.39, 0.29) is 28.8 Å². The number of carbonyl (C=O) groups is 1. The summed E-state index contributed by atoms with van der Waals surface area (Å²) in [6.45, 7) is 8.58. The van der Waals surface area contributed by atoms with Gasteiger partial charge in [-0.2, -0.15) is 4.31 Å². The van der Waals surface area contributed by atoms with Crippen LogP contribution in [0.2, 0.25) is 0 Å². The largest absolute Gasteiger partial charge is 0.392 e. The smallest absolute Gasteiger partial charge is 0.251 e. The lowest BCUT2D eigenvalue weighted by molar-refractivity contribution is 0.0854. The van der Waals surface area contributed by atoms with Crippen LogP contribution in [0.3, 0.4) is 0 Å². The van der Waals surface area contributed by atoms with Crippen LogP contribution in [0.15, 0.2) is 23.1 Å². The van der Waals surface area contributed by atoms with Crippen LogP contribution in [0, 0.1) is 18.3 Å². The molecule has 2 fully saturated rings. The Kier molecular flexibility index (Phi) is 6.41. The lowest BCUT2D eigenvalue weighted by Gasteiger charge is -2.38. The quantitative estimate of drug-likeness (QED) is 0.738. The molecule has 1 saturated carbocycles. The van der Waals surface area contributed by atoms with Crippen LogP contribution >= 0.6 is 0 Å². The molecular weight excluding hydrogens is 388 g/mol. The number of aliphatic hydroxyl groups excluding tert-OH is 1. The summed E-state index contributed by atoms with van der Waals surface area (Å²) in [7, 11) is -3.73. The average Bonchev–Trinajstić information content (AvgIpc) is 3.34. The summed E-state index contributed by atoms with van der Waals surface area (Å²) in [6.07, 6.45) is 4.70. The van der Waals surface area contributed by atoms with Crippen molar-refractivity contribution < 1.29 is 18.3 Å². The first-order valence-electron chi connectivity index (χ1n) is 10.6. The summed E-state index contributed by atoms with van der Waals surface area (Å²) in [5.41, 5.74) is 0.933. The van der Waals surface area contributed by atoms with Gasteiger partial charge in [-0.25, -0.2) is 8.42 Å². The second-order valence-corrected chi connectivity index (χ2v) is 11.2. The van der Waals surface area contributed by atoms with Gasteiger partial charge in [0.1, 0.15) is 0 Å². The van der Waals surface area contributed by atoms with Gasteiger partial charge in [-0.15, -0.1) is 0 Å². The maximum Gasteiger partial charge on any atom is 0.251 e. The Bertz CT molecular complexity index is 860. The second-order valence-electron chi connectivity index (χ2n) is 9.28. The lowest BCUT2D eigenvalue weighted by atomic mass is 9.72. The van der Waals surface area contributed by atoms with Gasteiger partial charge in [0.05, 0.1) is 11.0 Å². The number of nitrogens with zero attached hydrogens (tertiary/aromatic N) is 1. The SMILES string of the molecule is Cc1ccc(C(=O)NC(C)C(C)(C)C2CCCC2)cc1S(=O)(=O)N1CC[C@@H](O)C1. The Hall–Kier alpha value is -1.44. The Morgan fingerprint density at radius 2 is 1.90 bits per heavy atom. The van der Waals surface area contributed by atoms with Crippen LogP contribution in [0.25, 0.3) is 0 Å². The zero-order valence-corrected chi connectivity index (χ0v) is 18.8. The molecule has 1 heterocycles. The molecule has 0 bridgehead atoms. The molecule has 2 aliphatic rings. The first-order valence-corrected chi connectivity index (χ1v) is 12.1. The van der Waals surface area contributed by atoms with Crippen LogP contribution in [0.4, 0.5) is 0 Å². The molecule has 162 valence electrons. The third-order valence-corrected chi connectivity index (χ3v) is 9.07. The Morgan fingerprint density at radius 1 is 1.24 bits per heavy atom. The summed E-state index contributed by atoms with van der Waals surface area (Å²) in [4.78, 5) is 13.1. The van der Waals surface area contributed by atoms with Crippen molar-refractivity contribution in [1.82, 2.24) is 9.62 Å². The number of aliphatic hydroxyl groups is 1. The highest BCUT2D eigenvalue weighted by molar-refractivity contribution is 7.89. The fraction of sp³-hybridized carbons (Fsp3) is 0.682. The van der Waals surface area contributed by atoms with Gasteiger partial charge in [0.25, 0.3) is 5.91 Å². The highest BCUT2D eigenvalue weighted by Gasteiger charge is 2.37. The summed E-state index contributed by atoms with van der Waals surface area (Å²) < 4.78 is 27.3. The first kappa shape index (κ1) is 22.2. The summed E-state index contributed by atoms with van der Waals surface area (Å²) in [5.74, 6) is 0.342. The molecule has 2 atom stereocenters. The molecular formula is C22H34N2O4S. The Morgan fingerprint density at radius 3 is 2.48 bits per heavy atom. The van der Waals surface area contributed by atoms with Gasteiger partial charge in [-0.3, -0.25) is 4.79 Å². The van der Waals surface area contributed by atoms with Gasteiger partial charge in [-0.05, 0) is 62.1 Å². The van der Waals surface area contributed by atoms with E-state index in [4.69, 9.17) is 0 Å². The normalized spacial score (nSPS) is 22.7. The van der Waals surface area contributed by atoms with E-state index >= 15 is 0 Å². The van der Waals surface area contributed by atoms with Crippen molar-refractivity contribution in [3.8, 4) is 0 Å². The second kappa shape index (κ2) is 8.36. The van der Waals surface area contributed by atoms with E-state index in [1.165, 1.54) is 36.1 Å². The molecule has 1 saturated heterocycles. The number of rotatable bonds is 6. The molecule has 2 N–H and O–H groups in total. The van der Waals surface area contributed by atoms with Crippen molar-refractivity contribution in [1.29, 1.82) is 0 Å². The number of amides is 1. The molecule has 3 rings (SSSR count). The van der Waals surface area contributed by atoms with Crippen molar-refractivity contribution in [2.24, 2.45) is 11.3 Å². The van der Waals surface area contributed by atoms with Crippen molar-refractivity contribution in [3.63, 3.8) is 0 Å². The zero-order valence-electron chi connectivity index (χ0n) is 17.9. The number of hydrogen-bond donors (Lipinski definition) is 2. The summed E-state index contributed by atoms with van der Waals surface area (Å²) in [6, 6.07) is 4.81. The standard InChI is InChI=1S/C22H34N2O4S/c1-15-9-10-17(13-20(15)29(27,28)24-12-11-19(25)14-24)21(26)23-16(2)22(3,4)18-7-5-6-8-18/h9-10,13,16,18-19,25H,5-8,11-12,14H2,1-4H3,(H,23,26)/t16?,19-/m1/s1. The fourth-order valence-corrected chi connectivity index (χ4v) is 6.32. The number of nitrogens with one attached hydrogen (secondary N) is 1. The molecule has 29 heavy (non-hydrogen) atoms. The van der Waals surface area contributed by atoms with Gasteiger partial charge >= 0.3 is 0 Å². The van der Waals surface area contributed by atoms with E-state index in [0.717, 1.165) is 0 Å². The third-order valence-electron chi connectivity index (χ3n) is 7.07. The van der Waals surface area contributed by atoms with E-state index < -0.39 is 16.1 Å². The third kappa shape index (κ3) is 4.52. The minimum Gasteiger partial charge on any atom is -0.392 e. The van der Waals surface area contributed by atoms with Crippen molar-refractivity contribution in [3.05, 3.63) is 29.3 Å². The van der Waals surface area contributed by atoms with Crippen molar-refractivity contribution in [2.45, 2.75) is 76.8 Å². The predicted molar refractivity (Wildman–Crippen MR) is 113 cm³/mol. The molecule has 6 nitrogen and oxygen atoms in total. The Labute approximate surface area is 174 Å². The van der Waals surface area contributed by atoms with Crippen LogP contribution in [-0.4, -0.2) is 49.0 Å². The molecule has 0 spiro atoms. The average molecular weight is 423 g/mol. The zero-order chi connectivity index (χ0) is 21.4. The molecule has 1 amide bonds. The highest BCUT2D eigenvalue weighted by Crippen LogP contribution is 2.41. The number of aryl methyl sites for hydroxylation is 1. The van der Waals surface area contributed by atoms with Gasteiger partial charge in [0, 0.05) is 24.7 Å². The van der Waals surface area contributed by atoms with Crippen molar-refractivity contribution >= 4 is 15.9 Å². The van der Waals surface area contributed by atoms with E-state index in [9.17, 15) is 18.3 Å². The number of benzene rings is 1. The molecule has 7 heteroatoms. The maximum atomic E-state index is 13.0. The number of sulfonamides is 1. The minimum absolute atomic E-state index is 0.0164. The molecule has 1 aromatic rings. The summed E-state index contributed by atoms with van der Waals surface area (Å²) >= 11 is 0. The number of carbonyl (C=O) groups excluding carboxylic acids is 1. The maximum absolute atomic E-state index is 13.0. The van der Waals surface area contributed by atoms with E-state index in [2.05, 4.69) is 19.2 Å². The van der Waals surface area contributed by atoms with Gasteiger partial charge in [0.15, 0.2) is 0 Å². The Balaban J connectivity index is 1.79. The van der Waals surface area contributed by atoms with Crippen molar-refractivity contribution in [2.75, 3.05) is 13.1 Å². The first-order chi connectivity index (χ1) is 13.5. The molecule has 0 radical (unpaired) electrons. The molecule has 1 aliphatic heterocycles. The fourth-order valence-electron chi connectivity index (χ4n) is 4.58. The highest BCUT2D eigenvalue weighted by atomic mass is 32.2. The molecule has 1 unspecified atom stereocenters. The minimum atomic E-state index is -3.73. The van der Waals surface area contributed by atoms with Crippen LogP contribution in [0.1, 0.15) is 68.8 Å². The van der Waals surface area contributed by atoms with E-state index in [1.807, 2.05) is 6.92 Å². The van der Waals surface area contributed by atoms with Crippen LogP contribution in [-0.2, 0) is 10.0 Å². The molecule has 1 aromatic carbocycles. The van der Waals surface area contributed by atoms with Gasteiger partial charge in [0.2, 0.25) is 10.0 Å². The monoisotopic (exact) mass is 422 g/mol. The molecule has 1 aliphatic carbocycles. The number of β-amino-alcohol motifs (C(OH)–C–C–N with tert-alkyl or cyclic N) is 1.